The molecule has 0 aliphatic carbocycles. The number of hydrogen-bond acceptors (Lipinski definition) is 6. The average Bonchev–Trinajstić information content (AvgIpc) is 3.25. The highest BCUT2D eigenvalue weighted by molar-refractivity contribution is 7.13. The third-order valence-corrected chi connectivity index (χ3v) is 5.39. The van der Waals surface area contributed by atoms with Gasteiger partial charge in [0, 0.05) is 19.4 Å². The van der Waals surface area contributed by atoms with E-state index in [9.17, 15) is 4.79 Å². The SMILES string of the molecule is CC1(CNC(=O)CCCc2nc(-c3cccs3)no2)CCNCC1. The number of amides is 1. The topological polar surface area (TPSA) is 80.1 Å². The minimum atomic E-state index is 0.104. The summed E-state index contributed by atoms with van der Waals surface area (Å²) >= 11 is 1.58. The molecule has 1 saturated heterocycles. The van der Waals surface area contributed by atoms with Crippen molar-refractivity contribution < 1.29 is 9.32 Å². The van der Waals surface area contributed by atoms with E-state index < -0.39 is 0 Å². The fraction of sp³-hybridized carbons (Fsp3) is 0.588. The molecule has 24 heavy (non-hydrogen) atoms. The summed E-state index contributed by atoms with van der Waals surface area (Å²) in [6, 6.07) is 3.93. The number of rotatable bonds is 7. The van der Waals surface area contributed by atoms with Crippen LogP contribution in [-0.4, -0.2) is 35.7 Å². The van der Waals surface area contributed by atoms with Crippen molar-refractivity contribution in [3.63, 3.8) is 0 Å². The van der Waals surface area contributed by atoms with Crippen molar-refractivity contribution in [3.8, 4) is 10.7 Å². The number of aryl methyl sites for hydroxylation is 1. The van der Waals surface area contributed by atoms with Gasteiger partial charge in [-0.25, -0.2) is 0 Å². The lowest BCUT2D eigenvalue weighted by Gasteiger charge is -2.34. The van der Waals surface area contributed by atoms with E-state index in [1.807, 2.05) is 17.5 Å². The van der Waals surface area contributed by atoms with Crippen LogP contribution in [0.15, 0.2) is 22.0 Å². The molecule has 0 radical (unpaired) electrons. The Hall–Kier alpha value is -1.73. The molecule has 0 atom stereocenters. The van der Waals surface area contributed by atoms with Gasteiger partial charge in [-0.15, -0.1) is 11.3 Å². The third kappa shape index (κ3) is 4.64. The summed E-state index contributed by atoms with van der Waals surface area (Å²) in [6.07, 6.45) is 4.07. The van der Waals surface area contributed by atoms with Gasteiger partial charge in [-0.05, 0) is 49.2 Å². The molecule has 2 N–H and O–H groups in total. The van der Waals surface area contributed by atoms with Gasteiger partial charge in [-0.1, -0.05) is 18.1 Å². The summed E-state index contributed by atoms with van der Waals surface area (Å²) in [5.74, 6) is 1.33. The van der Waals surface area contributed by atoms with Crippen LogP contribution in [0, 0.1) is 5.41 Å². The van der Waals surface area contributed by atoms with Gasteiger partial charge in [0.2, 0.25) is 17.6 Å². The molecule has 0 bridgehead atoms. The largest absolute Gasteiger partial charge is 0.356 e. The van der Waals surface area contributed by atoms with Crippen molar-refractivity contribution in [1.29, 1.82) is 0 Å². The lowest BCUT2D eigenvalue weighted by molar-refractivity contribution is -0.121. The summed E-state index contributed by atoms with van der Waals surface area (Å²) in [5.41, 5.74) is 0.225. The summed E-state index contributed by atoms with van der Waals surface area (Å²) in [7, 11) is 0. The molecule has 0 unspecified atom stereocenters. The monoisotopic (exact) mass is 348 g/mol. The lowest BCUT2D eigenvalue weighted by Crippen LogP contribution is -2.42. The Bertz CT molecular complexity index is 647. The fourth-order valence-corrected chi connectivity index (χ4v) is 3.52. The maximum atomic E-state index is 12.0. The molecule has 2 aromatic rings. The van der Waals surface area contributed by atoms with Crippen LogP contribution < -0.4 is 10.6 Å². The molecule has 7 heteroatoms. The molecule has 3 rings (SSSR count). The number of piperidine rings is 1. The van der Waals surface area contributed by atoms with E-state index in [0.29, 0.717) is 24.6 Å². The van der Waals surface area contributed by atoms with Gasteiger partial charge < -0.3 is 15.2 Å². The van der Waals surface area contributed by atoms with Crippen LogP contribution in [0.2, 0.25) is 0 Å². The van der Waals surface area contributed by atoms with Gasteiger partial charge in [0.05, 0.1) is 4.88 Å². The van der Waals surface area contributed by atoms with Gasteiger partial charge >= 0.3 is 0 Å². The van der Waals surface area contributed by atoms with E-state index in [-0.39, 0.29) is 11.3 Å². The van der Waals surface area contributed by atoms with E-state index in [4.69, 9.17) is 4.52 Å². The molecule has 130 valence electrons. The van der Waals surface area contributed by atoms with Crippen LogP contribution in [0.1, 0.15) is 38.5 Å². The van der Waals surface area contributed by atoms with Crippen LogP contribution in [0.5, 0.6) is 0 Å². The van der Waals surface area contributed by atoms with Gasteiger partial charge in [-0.3, -0.25) is 4.79 Å². The maximum absolute atomic E-state index is 12.0. The Kier molecular flexibility index (Phi) is 5.63. The highest BCUT2D eigenvalue weighted by Crippen LogP contribution is 2.26. The van der Waals surface area contributed by atoms with E-state index in [2.05, 4.69) is 27.7 Å². The molecule has 2 aromatic heterocycles. The highest BCUT2D eigenvalue weighted by Gasteiger charge is 2.26. The Balaban J connectivity index is 1.37. The Morgan fingerprint density at radius 3 is 3.04 bits per heavy atom. The zero-order valence-corrected chi connectivity index (χ0v) is 14.8. The first-order valence-electron chi connectivity index (χ1n) is 8.49. The van der Waals surface area contributed by atoms with E-state index in [1.165, 1.54) is 0 Å². The molecule has 1 aliphatic heterocycles. The number of nitrogens with one attached hydrogen (secondary N) is 2. The summed E-state index contributed by atoms with van der Waals surface area (Å²) in [5, 5.41) is 12.4. The van der Waals surface area contributed by atoms with Crippen molar-refractivity contribution >= 4 is 17.2 Å². The Morgan fingerprint density at radius 1 is 1.46 bits per heavy atom. The quantitative estimate of drug-likeness (QED) is 0.804. The summed E-state index contributed by atoms with van der Waals surface area (Å²) in [6.45, 7) is 5.08. The predicted molar refractivity (Wildman–Crippen MR) is 93.8 cm³/mol. The van der Waals surface area contributed by atoms with Crippen LogP contribution >= 0.6 is 11.3 Å². The second-order valence-electron chi connectivity index (χ2n) is 6.68. The lowest BCUT2D eigenvalue weighted by atomic mass is 9.81. The van der Waals surface area contributed by atoms with E-state index >= 15 is 0 Å². The van der Waals surface area contributed by atoms with E-state index in [1.54, 1.807) is 11.3 Å². The second kappa shape index (κ2) is 7.90. The zero-order chi connectivity index (χ0) is 16.8. The number of carbonyl (C=O) groups excluding carboxylic acids is 1. The first-order chi connectivity index (χ1) is 11.6. The van der Waals surface area contributed by atoms with Crippen LogP contribution in [0.25, 0.3) is 10.7 Å². The van der Waals surface area contributed by atoms with E-state index in [0.717, 1.165) is 43.8 Å². The highest BCUT2D eigenvalue weighted by atomic mass is 32.1. The minimum absolute atomic E-state index is 0.104. The van der Waals surface area contributed by atoms with Crippen molar-refractivity contribution in [2.75, 3.05) is 19.6 Å². The zero-order valence-electron chi connectivity index (χ0n) is 14.0. The Labute approximate surface area is 146 Å². The molecule has 6 nitrogen and oxygen atoms in total. The fourth-order valence-electron chi connectivity index (χ4n) is 2.87. The average molecular weight is 348 g/mol. The van der Waals surface area contributed by atoms with Gasteiger partial charge in [0.25, 0.3) is 0 Å². The van der Waals surface area contributed by atoms with Crippen molar-refractivity contribution in [2.24, 2.45) is 5.41 Å². The van der Waals surface area contributed by atoms with Crippen molar-refractivity contribution in [2.45, 2.75) is 39.0 Å². The smallest absolute Gasteiger partial charge is 0.226 e. The van der Waals surface area contributed by atoms with Gasteiger partial charge in [0.15, 0.2) is 0 Å². The number of nitrogens with zero attached hydrogens (tertiary/aromatic N) is 2. The normalized spacial score (nSPS) is 16.9. The predicted octanol–water partition coefficient (Wildman–Crippen LogP) is 2.63. The molecular weight excluding hydrogens is 324 g/mol. The first-order valence-corrected chi connectivity index (χ1v) is 9.36. The minimum Gasteiger partial charge on any atom is -0.356 e. The van der Waals surface area contributed by atoms with Crippen LogP contribution in [0.4, 0.5) is 0 Å². The number of carbonyl (C=O) groups is 1. The standard InChI is InChI=1S/C17H24N4O2S/c1-17(7-9-18-10-8-17)12-19-14(22)5-2-6-15-20-16(21-23-15)13-4-3-11-24-13/h3-4,11,18H,2,5-10,12H2,1H3,(H,19,22). The molecular formula is C17H24N4O2S. The van der Waals surface area contributed by atoms with Gasteiger partial charge in [0.1, 0.15) is 0 Å². The summed E-state index contributed by atoms with van der Waals surface area (Å²) in [4.78, 5) is 17.4. The van der Waals surface area contributed by atoms with Crippen molar-refractivity contribution in [3.05, 3.63) is 23.4 Å². The molecule has 1 aliphatic rings. The molecule has 0 spiro atoms. The van der Waals surface area contributed by atoms with Crippen LogP contribution in [0.3, 0.4) is 0 Å². The van der Waals surface area contributed by atoms with Crippen LogP contribution in [-0.2, 0) is 11.2 Å². The number of hydrogen-bond donors (Lipinski definition) is 2. The second-order valence-corrected chi connectivity index (χ2v) is 7.63. The molecule has 0 saturated carbocycles. The molecule has 0 aromatic carbocycles. The van der Waals surface area contributed by atoms with Gasteiger partial charge in [-0.2, -0.15) is 4.98 Å². The summed E-state index contributed by atoms with van der Waals surface area (Å²) < 4.78 is 5.25. The Morgan fingerprint density at radius 2 is 2.29 bits per heavy atom. The number of thiophene rings is 1. The number of aromatic nitrogens is 2. The molecule has 1 fully saturated rings. The maximum Gasteiger partial charge on any atom is 0.226 e. The van der Waals surface area contributed by atoms with Crippen molar-refractivity contribution in [1.82, 2.24) is 20.8 Å². The molecule has 1 amide bonds. The molecule has 3 heterocycles. The third-order valence-electron chi connectivity index (χ3n) is 4.53. The first kappa shape index (κ1) is 17.1.